The summed E-state index contributed by atoms with van der Waals surface area (Å²) in [5.41, 5.74) is 1.20. The average Bonchev–Trinajstić information content (AvgIpc) is 2.36. The summed E-state index contributed by atoms with van der Waals surface area (Å²) in [7, 11) is 0. The molecule has 0 amide bonds. The number of nitrogens with one attached hydrogen (secondary N) is 2. The minimum absolute atomic E-state index is 0. The van der Waals surface area contributed by atoms with E-state index in [1.165, 1.54) is 5.56 Å². The summed E-state index contributed by atoms with van der Waals surface area (Å²) in [6.45, 7) is 7.96. The van der Waals surface area contributed by atoms with Crippen molar-refractivity contribution < 1.29 is 0 Å². The van der Waals surface area contributed by atoms with Crippen LogP contribution < -0.4 is 10.6 Å². The molecule has 5 heteroatoms. The topological polar surface area (TPSA) is 36.4 Å². The summed E-state index contributed by atoms with van der Waals surface area (Å²) in [6, 6.07) is 8.67. The number of guanidine groups is 1. The molecule has 0 aliphatic heterocycles. The lowest BCUT2D eigenvalue weighted by Gasteiger charge is -2.16. The van der Waals surface area contributed by atoms with Gasteiger partial charge < -0.3 is 10.6 Å². The third-order valence-corrected chi connectivity index (χ3v) is 3.14. The second-order valence-electron chi connectivity index (χ2n) is 4.28. The number of aliphatic imine (C=N–C) groups is 1. The Balaban J connectivity index is 0.00000324. The van der Waals surface area contributed by atoms with Crippen LogP contribution in [-0.2, 0) is 6.54 Å². The molecule has 19 heavy (non-hydrogen) atoms. The van der Waals surface area contributed by atoms with E-state index in [0.717, 1.165) is 23.4 Å². The SMILES string of the molecule is CCNC(=NCc1cccc(Br)c1)NC(C)CC.I. The summed E-state index contributed by atoms with van der Waals surface area (Å²) in [5, 5.41) is 6.64. The van der Waals surface area contributed by atoms with Gasteiger partial charge >= 0.3 is 0 Å². The quantitative estimate of drug-likeness (QED) is 0.414. The second kappa shape index (κ2) is 10.5. The highest BCUT2D eigenvalue weighted by atomic mass is 127. The monoisotopic (exact) mass is 439 g/mol. The van der Waals surface area contributed by atoms with Crippen molar-refractivity contribution in [3.63, 3.8) is 0 Å². The van der Waals surface area contributed by atoms with Gasteiger partial charge in [-0.05, 0) is 38.0 Å². The molecule has 0 heterocycles. The summed E-state index contributed by atoms with van der Waals surface area (Å²) in [6.07, 6.45) is 1.08. The maximum absolute atomic E-state index is 4.59. The number of halogens is 2. The molecule has 1 aromatic carbocycles. The Kier molecular flexibility index (Phi) is 10.3. The first-order valence-electron chi connectivity index (χ1n) is 6.45. The molecule has 1 aromatic rings. The zero-order valence-electron chi connectivity index (χ0n) is 11.7. The van der Waals surface area contributed by atoms with Crippen LogP contribution in [-0.4, -0.2) is 18.5 Å². The Labute approximate surface area is 141 Å². The maximum atomic E-state index is 4.59. The predicted octanol–water partition coefficient (Wildman–Crippen LogP) is 3.92. The Morgan fingerprint density at radius 2 is 2.11 bits per heavy atom. The van der Waals surface area contributed by atoms with E-state index in [0.29, 0.717) is 12.6 Å². The molecule has 2 N–H and O–H groups in total. The Morgan fingerprint density at radius 1 is 1.37 bits per heavy atom. The van der Waals surface area contributed by atoms with Gasteiger partial charge in [0.25, 0.3) is 0 Å². The van der Waals surface area contributed by atoms with E-state index in [2.05, 4.69) is 64.5 Å². The summed E-state index contributed by atoms with van der Waals surface area (Å²) < 4.78 is 1.09. The fraction of sp³-hybridized carbons (Fsp3) is 0.500. The lowest BCUT2D eigenvalue weighted by molar-refractivity contribution is 0.624. The molecule has 0 saturated heterocycles. The van der Waals surface area contributed by atoms with E-state index < -0.39 is 0 Å². The highest BCUT2D eigenvalue weighted by Crippen LogP contribution is 2.12. The van der Waals surface area contributed by atoms with Gasteiger partial charge in [-0.2, -0.15) is 0 Å². The van der Waals surface area contributed by atoms with Crippen molar-refractivity contribution >= 4 is 45.9 Å². The average molecular weight is 440 g/mol. The largest absolute Gasteiger partial charge is 0.357 e. The molecular weight excluding hydrogens is 417 g/mol. The maximum Gasteiger partial charge on any atom is 0.191 e. The van der Waals surface area contributed by atoms with E-state index in [4.69, 9.17) is 0 Å². The first-order valence-corrected chi connectivity index (χ1v) is 7.24. The molecule has 1 rings (SSSR count). The van der Waals surface area contributed by atoms with Crippen molar-refractivity contribution in [2.24, 2.45) is 4.99 Å². The van der Waals surface area contributed by atoms with Crippen LogP contribution in [0.1, 0.15) is 32.8 Å². The molecule has 0 fully saturated rings. The van der Waals surface area contributed by atoms with Gasteiger partial charge in [0.1, 0.15) is 0 Å². The van der Waals surface area contributed by atoms with Gasteiger partial charge in [-0.15, -0.1) is 24.0 Å². The van der Waals surface area contributed by atoms with Crippen LogP contribution in [0.15, 0.2) is 33.7 Å². The van der Waals surface area contributed by atoms with Crippen molar-refractivity contribution in [1.29, 1.82) is 0 Å². The van der Waals surface area contributed by atoms with Crippen LogP contribution in [0.4, 0.5) is 0 Å². The zero-order chi connectivity index (χ0) is 13.4. The van der Waals surface area contributed by atoms with E-state index in [1.807, 2.05) is 12.1 Å². The summed E-state index contributed by atoms with van der Waals surface area (Å²) in [4.78, 5) is 4.59. The molecule has 108 valence electrons. The lowest BCUT2D eigenvalue weighted by atomic mass is 10.2. The van der Waals surface area contributed by atoms with Crippen LogP contribution in [0.5, 0.6) is 0 Å². The van der Waals surface area contributed by atoms with Gasteiger partial charge in [0.2, 0.25) is 0 Å². The van der Waals surface area contributed by atoms with E-state index in [9.17, 15) is 0 Å². The number of hydrogen-bond donors (Lipinski definition) is 2. The third kappa shape index (κ3) is 7.77. The van der Waals surface area contributed by atoms with Gasteiger partial charge in [-0.1, -0.05) is 35.0 Å². The third-order valence-electron chi connectivity index (χ3n) is 2.65. The zero-order valence-corrected chi connectivity index (χ0v) is 15.7. The Hall–Kier alpha value is -0.300. The van der Waals surface area contributed by atoms with Gasteiger partial charge in [-0.25, -0.2) is 4.99 Å². The van der Waals surface area contributed by atoms with Crippen molar-refractivity contribution in [3.05, 3.63) is 34.3 Å². The van der Waals surface area contributed by atoms with E-state index in [1.54, 1.807) is 0 Å². The van der Waals surface area contributed by atoms with E-state index >= 15 is 0 Å². The minimum Gasteiger partial charge on any atom is -0.357 e. The molecule has 3 nitrogen and oxygen atoms in total. The molecule has 0 aliphatic carbocycles. The van der Waals surface area contributed by atoms with Crippen LogP contribution in [0.25, 0.3) is 0 Å². The lowest BCUT2D eigenvalue weighted by Crippen LogP contribution is -2.41. The van der Waals surface area contributed by atoms with Gasteiger partial charge in [-0.3, -0.25) is 0 Å². The van der Waals surface area contributed by atoms with Gasteiger partial charge in [0.15, 0.2) is 5.96 Å². The first-order chi connectivity index (χ1) is 8.65. The normalized spacial score (nSPS) is 12.5. The molecule has 0 radical (unpaired) electrons. The number of hydrogen-bond acceptors (Lipinski definition) is 1. The summed E-state index contributed by atoms with van der Waals surface area (Å²) >= 11 is 3.47. The molecule has 0 bridgehead atoms. The van der Waals surface area contributed by atoms with Gasteiger partial charge in [0, 0.05) is 17.1 Å². The Bertz CT molecular complexity index is 396. The predicted molar refractivity (Wildman–Crippen MR) is 97.3 cm³/mol. The number of nitrogens with zero attached hydrogens (tertiary/aromatic N) is 1. The smallest absolute Gasteiger partial charge is 0.191 e. The van der Waals surface area contributed by atoms with Crippen molar-refractivity contribution in [2.75, 3.05) is 6.54 Å². The summed E-state index contributed by atoms with van der Waals surface area (Å²) in [5.74, 6) is 0.881. The fourth-order valence-electron chi connectivity index (χ4n) is 1.46. The van der Waals surface area contributed by atoms with Crippen molar-refractivity contribution in [1.82, 2.24) is 10.6 Å². The number of benzene rings is 1. The van der Waals surface area contributed by atoms with Gasteiger partial charge in [0.05, 0.1) is 6.54 Å². The first kappa shape index (κ1) is 18.7. The fourth-order valence-corrected chi connectivity index (χ4v) is 1.91. The highest BCUT2D eigenvalue weighted by molar-refractivity contribution is 14.0. The molecular formula is C14H23BrIN3. The molecule has 0 spiro atoms. The van der Waals surface area contributed by atoms with Crippen LogP contribution in [0, 0.1) is 0 Å². The molecule has 1 atom stereocenters. The molecule has 1 unspecified atom stereocenters. The van der Waals surface area contributed by atoms with Crippen LogP contribution in [0.2, 0.25) is 0 Å². The molecule has 0 saturated carbocycles. The molecule has 0 aromatic heterocycles. The highest BCUT2D eigenvalue weighted by Gasteiger charge is 2.02. The Morgan fingerprint density at radius 3 is 2.68 bits per heavy atom. The standard InChI is InChI=1S/C14H22BrN3.HI/c1-4-11(3)18-14(16-5-2)17-10-12-7-6-8-13(15)9-12;/h6-9,11H,4-5,10H2,1-3H3,(H2,16,17,18);1H. The van der Waals surface area contributed by atoms with Crippen molar-refractivity contribution in [2.45, 2.75) is 39.8 Å². The van der Waals surface area contributed by atoms with Crippen LogP contribution in [0.3, 0.4) is 0 Å². The minimum atomic E-state index is 0. The van der Waals surface area contributed by atoms with Crippen molar-refractivity contribution in [3.8, 4) is 0 Å². The van der Waals surface area contributed by atoms with Crippen LogP contribution >= 0.6 is 39.9 Å². The molecule has 0 aliphatic rings. The second-order valence-corrected chi connectivity index (χ2v) is 5.19. The number of rotatable bonds is 5. The van der Waals surface area contributed by atoms with E-state index in [-0.39, 0.29) is 24.0 Å².